The number of hydrogen-bond donors (Lipinski definition) is 0. The Morgan fingerprint density at radius 2 is 1.88 bits per heavy atom. The first-order valence-electron chi connectivity index (χ1n) is 11.5. The van der Waals surface area contributed by atoms with E-state index in [0.717, 1.165) is 41.0 Å². The van der Waals surface area contributed by atoms with Crippen molar-refractivity contribution < 1.29 is 14.3 Å². The lowest BCUT2D eigenvalue weighted by Crippen LogP contribution is -2.55. The Hall–Kier alpha value is -3.35. The molecule has 2 aliphatic rings. The highest BCUT2D eigenvalue weighted by atomic mass is 16.5. The molecule has 3 aromatic rings. The number of aromatic nitrogens is 2. The predicted molar refractivity (Wildman–Crippen MR) is 126 cm³/mol. The van der Waals surface area contributed by atoms with Gasteiger partial charge in [-0.05, 0) is 43.9 Å². The van der Waals surface area contributed by atoms with E-state index in [0.29, 0.717) is 18.7 Å². The molecular formula is C26H30N4O3. The van der Waals surface area contributed by atoms with E-state index in [9.17, 15) is 9.59 Å². The molecule has 0 N–H and O–H groups in total. The fraction of sp³-hybridized carbons (Fsp3) is 0.423. The van der Waals surface area contributed by atoms with Crippen molar-refractivity contribution in [3.8, 4) is 5.75 Å². The van der Waals surface area contributed by atoms with Gasteiger partial charge in [0.05, 0.1) is 11.4 Å². The van der Waals surface area contributed by atoms with E-state index in [4.69, 9.17) is 9.72 Å². The Kier molecular flexibility index (Phi) is 5.15. The molecule has 172 valence electrons. The third-order valence-corrected chi connectivity index (χ3v) is 7.10. The van der Waals surface area contributed by atoms with E-state index in [-0.39, 0.29) is 23.8 Å². The zero-order chi connectivity index (χ0) is 23.4. The summed E-state index contributed by atoms with van der Waals surface area (Å²) in [6, 6.07) is 10.2. The number of nitrogens with zero attached hydrogens (tertiary/aromatic N) is 4. The summed E-state index contributed by atoms with van der Waals surface area (Å²) in [6.45, 7) is 4.98. The Morgan fingerprint density at radius 3 is 2.58 bits per heavy atom. The van der Waals surface area contributed by atoms with Crippen LogP contribution in [-0.2, 0) is 18.3 Å². The highest BCUT2D eigenvalue weighted by Crippen LogP contribution is 2.42. The minimum atomic E-state index is -0.121. The van der Waals surface area contributed by atoms with E-state index in [2.05, 4.69) is 19.1 Å². The largest absolute Gasteiger partial charge is 0.483 e. The second kappa shape index (κ2) is 7.90. The molecule has 7 heteroatoms. The van der Waals surface area contributed by atoms with Gasteiger partial charge in [-0.2, -0.15) is 0 Å². The van der Waals surface area contributed by atoms with E-state index >= 15 is 0 Å². The van der Waals surface area contributed by atoms with Crippen LogP contribution in [0.3, 0.4) is 0 Å². The molecule has 0 saturated carbocycles. The topological polar surface area (TPSA) is 67.7 Å². The number of benzene rings is 2. The summed E-state index contributed by atoms with van der Waals surface area (Å²) >= 11 is 0. The van der Waals surface area contributed by atoms with Crippen LogP contribution in [0.15, 0.2) is 30.3 Å². The van der Waals surface area contributed by atoms with Crippen LogP contribution in [0.25, 0.3) is 11.0 Å². The lowest BCUT2D eigenvalue weighted by atomic mass is 9.90. The van der Waals surface area contributed by atoms with Gasteiger partial charge in [0, 0.05) is 45.4 Å². The molecule has 33 heavy (non-hydrogen) atoms. The minimum Gasteiger partial charge on any atom is -0.483 e. The van der Waals surface area contributed by atoms with E-state index in [1.807, 2.05) is 36.7 Å². The van der Waals surface area contributed by atoms with Gasteiger partial charge in [-0.3, -0.25) is 9.59 Å². The van der Waals surface area contributed by atoms with Gasteiger partial charge in [0.1, 0.15) is 17.4 Å². The summed E-state index contributed by atoms with van der Waals surface area (Å²) in [5.74, 6) is 1.51. The number of likely N-dealkylation sites (tertiary alicyclic amines) is 1. The van der Waals surface area contributed by atoms with Crippen molar-refractivity contribution in [1.29, 1.82) is 0 Å². The summed E-state index contributed by atoms with van der Waals surface area (Å²) in [5, 5.41) is 0. The van der Waals surface area contributed by atoms with Gasteiger partial charge < -0.3 is 19.1 Å². The highest BCUT2D eigenvalue weighted by Gasteiger charge is 2.39. The maximum atomic E-state index is 13.5. The number of aryl methyl sites for hydroxylation is 3. The van der Waals surface area contributed by atoms with Crippen molar-refractivity contribution >= 4 is 22.8 Å². The van der Waals surface area contributed by atoms with Gasteiger partial charge in [-0.25, -0.2) is 4.98 Å². The van der Waals surface area contributed by atoms with Crippen molar-refractivity contribution in [3.63, 3.8) is 0 Å². The maximum Gasteiger partial charge on any atom is 0.254 e. The number of amides is 2. The molecule has 3 heterocycles. The Labute approximate surface area is 193 Å². The molecule has 0 aliphatic carbocycles. The molecule has 0 unspecified atom stereocenters. The molecule has 1 saturated heterocycles. The summed E-state index contributed by atoms with van der Waals surface area (Å²) in [5.41, 5.74) is 5.67. The first-order chi connectivity index (χ1) is 15.8. The molecule has 0 radical (unpaired) electrons. The molecular weight excluding hydrogens is 416 g/mol. The molecule has 2 amide bonds. The Bertz CT molecular complexity index is 1270. The number of imidazole rings is 1. The van der Waals surface area contributed by atoms with Crippen LogP contribution in [0.4, 0.5) is 0 Å². The minimum absolute atomic E-state index is 0.0345. The molecule has 1 atom stereocenters. The van der Waals surface area contributed by atoms with Gasteiger partial charge in [0.2, 0.25) is 5.91 Å². The first kappa shape index (κ1) is 21.5. The average molecular weight is 447 g/mol. The molecule has 0 bridgehead atoms. The van der Waals surface area contributed by atoms with Crippen LogP contribution in [0.5, 0.6) is 5.75 Å². The second-order valence-corrected chi connectivity index (χ2v) is 9.46. The molecule has 2 aliphatic heterocycles. The predicted octanol–water partition coefficient (Wildman–Crippen LogP) is 3.42. The first-order valence-corrected chi connectivity index (χ1v) is 11.5. The van der Waals surface area contributed by atoms with Crippen LogP contribution in [0.1, 0.15) is 45.4 Å². The molecule has 5 rings (SSSR count). The van der Waals surface area contributed by atoms with E-state index in [1.165, 1.54) is 11.1 Å². The SMILES string of the molecule is Cc1ccccc1[C@@H]1CCc2c(C(=O)N3CC(C(=O)N(C)C)C3)cc3c(nc(C)n3C)c2O1. The van der Waals surface area contributed by atoms with Crippen molar-refractivity contribution in [1.82, 2.24) is 19.4 Å². The molecule has 1 aromatic heterocycles. The third kappa shape index (κ3) is 3.46. The quantitative estimate of drug-likeness (QED) is 0.618. The van der Waals surface area contributed by atoms with Gasteiger partial charge in [0.15, 0.2) is 5.75 Å². The normalized spacial score (nSPS) is 18.0. The summed E-state index contributed by atoms with van der Waals surface area (Å²) in [7, 11) is 5.47. The van der Waals surface area contributed by atoms with Crippen LogP contribution in [0, 0.1) is 19.8 Å². The van der Waals surface area contributed by atoms with Crippen LogP contribution >= 0.6 is 0 Å². The van der Waals surface area contributed by atoms with Crippen LogP contribution in [0.2, 0.25) is 0 Å². The number of rotatable bonds is 3. The van der Waals surface area contributed by atoms with E-state index in [1.54, 1.807) is 23.9 Å². The second-order valence-electron chi connectivity index (χ2n) is 9.46. The maximum absolute atomic E-state index is 13.5. The number of carbonyl (C=O) groups excluding carboxylic acids is 2. The highest BCUT2D eigenvalue weighted by molar-refractivity contribution is 6.02. The van der Waals surface area contributed by atoms with Gasteiger partial charge in [-0.1, -0.05) is 24.3 Å². The van der Waals surface area contributed by atoms with E-state index < -0.39 is 0 Å². The lowest BCUT2D eigenvalue weighted by molar-refractivity contribution is -0.137. The average Bonchev–Trinajstić information content (AvgIpc) is 3.06. The van der Waals surface area contributed by atoms with Gasteiger partial charge >= 0.3 is 0 Å². The fourth-order valence-corrected chi connectivity index (χ4v) is 4.99. The number of hydrogen-bond acceptors (Lipinski definition) is 4. The third-order valence-electron chi connectivity index (χ3n) is 7.10. The molecule has 2 aromatic carbocycles. The van der Waals surface area contributed by atoms with Gasteiger partial charge in [0.25, 0.3) is 5.91 Å². The lowest BCUT2D eigenvalue weighted by Gasteiger charge is -2.40. The standard InChI is InChI=1S/C26H30N4O3/c1-15-8-6-7-9-18(15)22-11-10-19-20(26(32)30-13-17(14-30)25(31)28(3)4)12-21-23(24(19)33-22)27-16(2)29(21)5/h6-9,12,17,22H,10-11,13-14H2,1-5H3/t22-/m0/s1. The zero-order valence-corrected chi connectivity index (χ0v) is 19.9. The number of ether oxygens (including phenoxy) is 1. The summed E-state index contributed by atoms with van der Waals surface area (Å²) < 4.78 is 8.59. The summed E-state index contributed by atoms with van der Waals surface area (Å²) in [6.07, 6.45) is 1.48. The van der Waals surface area contributed by atoms with Crippen LogP contribution < -0.4 is 4.74 Å². The van der Waals surface area contributed by atoms with Crippen molar-refractivity contribution in [2.75, 3.05) is 27.2 Å². The van der Waals surface area contributed by atoms with Crippen LogP contribution in [-0.4, -0.2) is 58.4 Å². The monoisotopic (exact) mass is 446 g/mol. The Morgan fingerprint density at radius 1 is 1.15 bits per heavy atom. The fourth-order valence-electron chi connectivity index (χ4n) is 4.99. The number of fused-ring (bicyclic) bond motifs is 3. The molecule has 1 fully saturated rings. The van der Waals surface area contributed by atoms with Crippen molar-refractivity contribution in [3.05, 3.63) is 58.4 Å². The molecule has 0 spiro atoms. The number of carbonyl (C=O) groups is 2. The summed E-state index contributed by atoms with van der Waals surface area (Å²) in [4.78, 5) is 33.9. The van der Waals surface area contributed by atoms with Crippen molar-refractivity contribution in [2.45, 2.75) is 32.8 Å². The molecule has 7 nitrogen and oxygen atoms in total. The van der Waals surface area contributed by atoms with Gasteiger partial charge in [-0.15, -0.1) is 0 Å². The zero-order valence-electron chi connectivity index (χ0n) is 19.9. The smallest absolute Gasteiger partial charge is 0.254 e. The van der Waals surface area contributed by atoms with Crippen molar-refractivity contribution in [2.24, 2.45) is 13.0 Å². The Balaban J connectivity index is 1.53.